The number of anilines is 1. The Balaban J connectivity index is 3.30. The lowest BCUT2D eigenvalue weighted by Gasteiger charge is -2.36. The fourth-order valence-corrected chi connectivity index (χ4v) is 1.82. The summed E-state index contributed by atoms with van der Waals surface area (Å²) in [6, 6.07) is 8.74. The number of carbonyl (C=O) groups excluding carboxylic acids is 1. The number of carbonyl (C=O) groups is 2. The fourth-order valence-electron chi connectivity index (χ4n) is 1.82. The Morgan fingerprint density at radius 3 is 2.39 bits per heavy atom. The van der Waals surface area contributed by atoms with E-state index in [9.17, 15) is 14.7 Å². The van der Waals surface area contributed by atoms with Gasteiger partial charge in [0.05, 0.1) is 0 Å². The summed E-state index contributed by atoms with van der Waals surface area (Å²) in [4.78, 5) is 24.5. The molecular weight excluding hydrogens is 232 g/mol. The van der Waals surface area contributed by atoms with Crippen molar-refractivity contribution in [1.29, 1.82) is 0 Å². The number of carboxylic acids is 1. The Bertz CT molecular complexity index is 443. The molecule has 0 aliphatic rings. The van der Waals surface area contributed by atoms with Crippen LogP contribution in [0.4, 0.5) is 5.69 Å². The van der Waals surface area contributed by atoms with Crippen LogP contribution < -0.4 is 10.6 Å². The zero-order valence-corrected chi connectivity index (χ0v) is 10.2. The van der Waals surface area contributed by atoms with Crippen molar-refractivity contribution in [3.8, 4) is 0 Å². The van der Waals surface area contributed by atoms with Crippen molar-refractivity contribution in [3.05, 3.63) is 43.0 Å². The van der Waals surface area contributed by atoms with Gasteiger partial charge in [-0.25, -0.2) is 4.79 Å². The molecule has 0 fully saturated rings. The van der Waals surface area contributed by atoms with Gasteiger partial charge >= 0.3 is 5.97 Å². The molecule has 0 saturated carbocycles. The Kier molecular flexibility index (Phi) is 4.09. The summed E-state index contributed by atoms with van der Waals surface area (Å²) in [5.41, 5.74) is 4.07. The minimum atomic E-state index is -1.82. The molecule has 0 aliphatic carbocycles. The van der Waals surface area contributed by atoms with Gasteiger partial charge in [0, 0.05) is 19.2 Å². The minimum Gasteiger partial charge on any atom is -0.479 e. The third-order valence-corrected chi connectivity index (χ3v) is 2.92. The number of amides is 1. The molecule has 0 aliphatic heterocycles. The first-order valence-corrected chi connectivity index (χ1v) is 5.40. The van der Waals surface area contributed by atoms with E-state index in [0.29, 0.717) is 5.69 Å². The smallest absolute Gasteiger partial charge is 0.339 e. The SMILES string of the molecule is C=CCC(C(N)=O)(C(=O)O)N(C)c1ccccc1. The number of nitrogens with two attached hydrogens (primary N) is 1. The average molecular weight is 248 g/mol. The first kappa shape index (κ1) is 13.8. The van der Waals surface area contributed by atoms with Crippen LogP contribution in [0, 0.1) is 0 Å². The fraction of sp³-hybridized carbons (Fsp3) is 0.231. The molecule has 0 heterocycles. The first-order valence-electron chi connectivity index (χ1n) is 5.40. The summed E-state index contributed by atoms with van der Waals surface area (Å²) in [5, 5.41) is 9.37. The average Bonchev–Trinajstić information content (AvgIpc) is 2.35. The monoisotopic (exact) mass is 248 g/mol. The minimum absolute atomic E-state index is 0.0664. The lowest BCUT2D eigenvalue weighted by atomic mass is 9.91. The van der Waals surface area contributed by atoms with Gasteiger partial charge in [0.2, 0.25) is 5.54 Å². The van der Waals surface area contributed by atoms with Crippen molar-refractivity contribution in [1.82, 2.24) is 0 Å². The molecule has 5 heteroatoms. The number of para-hydroxylation sites is 1. The summed E-state index contributed by atoms with van der Waals surface area (Å²) >= 11 is 0. The lowest BCUT2D eigenvalue weighted by Crippen LogP contribution is -2.61. The topological polar surface area (TPSA) is 83.6 Å². The van der Waals surface area contributed by atoms with E-state index in [2.05, 4.69) is 6.58 Å². The summed E-state index contributed by atoms with van der Waals surface area (Å²) < 4.78 is 0. The number of nitrogens with zero attached hydrogens (tertiary/aromatic N) is 1. The van der Waals surface area contributed by atoms with Gasteiger partial charge in [-0.1, -0.05) is 24.3 Å². The summed E-state index contributed by atoms with van der Waals surface area (Å²) in [5.74, 6) is -2.21. The van der Waals surface area contributed by atoms with Gasteiger partial charge in [0.25, 0.3) is 5.91 Å². The van der Waals surface area contributed by atoms with Crippen LogP contribution in [0.1, 0.15) is 6.42 Å². The van der Waals surface area contributed by atoms with E-state index in [4.69, 9.17) is 5.73 Å². The quantitative estimate of drug-likeness (QED) is 0.581. The normalized spacial score (nSPS) is 13.4. The van der Waals surface area contributed by atoms with E-state index in [1.54, 1.807) is 30.3 Å². The molecule has 1 atom stereocenters. The van der Waals surface area contributed by atoms with Crippen LogP contribution in [0.25, 0.3) is 0 Å². The van der Waals surface area contributed by atoms with Crippen LogP contribution in [-0.2, 0) is 9.59 Å². The van der Waals surface area contributed by atoms with Crippen LogP contribution in [0.15, 0.2) is 43.0 Å². The molecule has 0 aromatic heterocycles. The second kappa shape index (κ2) is 5.35. The Labute approximate surface area is 106 Å². The highest BCUT2D eigenvalue weighted by Gasteiger charge is 2.47. The molecular formula is C13H16N2O3. The molecule has 0 spiro atoms. The number of benzene rings is 1. The zero-order valence-electron chi connectivity index (χ0n) is 10.2. The molecule has 1 amide bonds. The van der Waals surface area contributed by atoms with Crippen molar-refractivity contribution in [3.63, 3.8) is 0 Å². The van der Waals surface area contributed by atoms with Crippen LogP contribution >= 0.6 is 0 Å². The van der Waals surface area contributed by atoms with Crippen molar-refractivity contribution < 1.29 is 14.7 Å². The number of primary amides is 1. The van der Waals surface area contributed by atoms with Crippen molar-refractivity contribution >= 4 is 17.6 Å². The molecule has 1 unspecified atom stereocenters. The molecule has 1 rings (SSSR count). The van der Waals surface area contributed by atoms with E-state index in [0.717, 1.165) is 0 Å². The maximum atomic E-state index is 11.6. The van der Waals surface area contributed by atoms with Gasteiger partial charge in [0.1, 0.15) is 0 Å². The molecule has 1 aromatic carbocycles. The first-order chi connectivity index (χ1) is 8.46. The van der Waals surface area contributed by atoms with E-state index in [1.807, 2.05) is 0 Å². The number of hydrogen-bond donors (Lipinski definition) is 2. The molecule has 0 radical (unpaired) electrons. The highest BCUT2D eigenvalue weighted by molar-refractivity contribution is 6.09. The van der Waals surface area contributed by atoms with E-state index in [-0.39, 0.29) is 6.42 Å². The number of rotatable bonds is 6. The predicted molar refractivity (Wildman–Crippen MR) is 69.2 cm³/mol. The van der Waals surface area contributed by atoms with E-state index < -0.39 is 17.4 Å². The van der Waals surface area contributed by atoms with Crippen LogP contribution in [0.2, 0.25) is 0 Å². The maximum absolute atomic E-state index is 11.6. The van der Waals surface area contributed by atoms with E-state index >= 15 is 0 Å². The standard InChI is InChI=1S/C13H16N2O3/c1-3-9-13(11(14)16,12(17)18)15(2)10-7-5-4-6-8-10/h3-8H,1,9H2,2H3,(H2,14,16)(H,17,18). The van der Waals surface area contributed by atoms with Crippen LogP contribution in [0.3, 0.4) is 0 Å². The summed E-state index contributed by atoms with van der Waals surface area (Å²) in [7, 11) is 1.53. The van der Waals surface area contributed by atoms with Gasteiger partial charge in [-0.2, -0.15) is 0 Å². The number of aliphatic carboxylic acids is 1. The molecule has 0 bridgehead atoms. The molecule has 3 N–H and O–H groups in total. The van der Waals surface area contributed by atoms with Crippen molar-refractivity contribution in [2.45, 2.75) is 12.0 Å². The van der Waals surface area contributed by atoms with Gasteiger partial charge in [-0.15, -0.1) is 6.58 Å². The second-order valence-electron chi connectivity index (χ2n) is 3.92. The van der Waals surface area contributed by atoms with Gasteiger partial charge in [-0.05, 0) is 12.1 Å². The molecule has 18 heavy (non-hydrogen) atoms. The zero-order chi connectivity index (χ0) is 13.8. The van der Waals surface area contributed by atoms with E-state index in [1.165, 1.54) is 18.0 Å². The summed E-state index contributed by atoms with van der Waals surface area (Å²) in [6.45, 7) is 3.49. The third kappa shape index (κ3) is 2.20. The number of carboxylic acid groups (broad SMARTS) is 1. The Hall–Kier alpha value is -2.30. The van der Waals surface area contributed by atoms with Gasteiger partial charge in [0.15, 0.2) is 0 Å². The largest absolute Gasteiger partial charge is 0.479 e. The highest BCUT2D eigenvalue weighted by atomic mass is 16.4. The Morgan fingerprint density at radius 1 is 1.44 bits per heavy atom. The third-order valence-electron chi connectivity index (χ3n) is 2.92. The second-order valence-corrected chi connectivity index (χ2v) is 3.92. The van der Waals surface area contributed by atoms with Gasteiger partial charge < -0.3 is 15.7 Å². The van der Waals surface area contributed by atoms with Gasteiger partial charge in [-0.3, -0.25) is 4.79 Å². The van der Waals surface area contributed by atoms with Crippen molar-refractivity contribution in [2.75, 3.05) is 11.9 Å². The predicted octanol–water partition coefficient (Wildman–Crippen LogP) is 1.01. The number of likely N-dealkylation sites (N-methyl/N-ethyl adjacent to an activating group) is 1. The number of hydrogen-bond acceptors (Lipinski definition) is 3. The maximum Gasteiger partial charge on any atom is 0.339 e. The van der Waals surface area contributed by atoms with Crippen molar-refractivity contribution in [2.24, 2.45) is 5.73 Å². The Morgan fingerprint density at radius 2 is 2.00 bits per heavy atom. The molecule has 96 valence electrons. The highest BCUT2D eigenvalue weighted by Crippen LogP contribution is 2.26. The van der Waals surface area contributed by atoms with Crippen LogP contribution in [0.5, 0.6) is 0 Å². The van der Waals surface area contributed by atoms with Crippen LogP contribution in [-0.4, -0.2) is 29.6 Å². The molecule has 0 saturated heterocycles. The molecule has 1 aromatic rings. The lowest BCUT2D eigenvalue weighted by molar-refractivity contribution is -0.147. The molecule has 5 nitrogen and oxygen atoms in total. The summed E-state index contributed by atoms with van der Waals surface area (Å²) in [6.07, 6.45) is 1.31.